The Hall–Kier alpha value is -0.300. The monoisotopic (exact) mass is 247 g/mol. The summed E-state index contributed by atoms with van der Waals surface area (Å²) in [5.74, 6) is 3.03. The molecule has 0 spiro atoms. The van der Waals surface area contributed by atoms with Crippen molar-refractivity contribution in [1.82, 2.24) is 4.90 Å². The van der Waals surface area contributed by atoms with Crippen molar-refractivity contribution in [2.45, 2.75) is 64.8 Å². The number of fused-ring (bicyclic) bond motifs is 2. The normalized spacial score (nSPS) is 39.2. The Kier molecular flexibility index (Phi) is 3.79. The molecule has 2 saturated carbocycles. The topological polar surface area (TPSA) is 3.24 Å². The van der Waals surface area contributed by atoms with Crippen molar-refractivity contribution in [1.29, 1.82) is 0 Å². The number of rotatable bonds is 2. The highest BCUT2D eigenvalue weighted by Crippen LogP contribution is 2.45. The van der Waals surface area contributed by atoms with Gasteiger partial charge in [0, 0.05) is 6.04 Å². The minimum Gasteiger partial charge on any atom is -0.300 e. The molecule has 0 aromatic rings. The van der Waals surface area contributed by atoms with E-state index in [9.17, 15) is 0 Å². The Morgan fingerprint density at radius 3 is 2.50 bits per heavy atom. The van der Waals surface area contributed by atoms with E-state index in [2.05, 4.69) is 24.8 Å². The minimum atomic E-state index is 0.882. The standard InChI is InChI=1S/C17H29N/c1-3-13(2)15-7-9-18(10-8-15)17-12-14-5-4-6-16(17)11-14/h3,14-17H,4-12H2,1-2H3/b13-3-/t14-,16?,17+/m1/s1. The molecule has 0 radical (unpaired) electrons. The lowest BCUT2D eigenvalue weighted by atomic mass is 9.86. The molecule has 3 fully saturated rings. The highest BCUT2D eigenvalue weighted by Gasteiger charge is 2.40. The largest absolute Gasteiger partial charge is 0.300 e. The van der Waals surface area contributed by atoms with Crippen LogP contribution in [0, 0.1) is 17.8 Å². The average molecular weight is 247 g/mol. The van der Waals surface area contributed by atoms with Gasteiger partial charge < -0.3 is 4.90 Å². The molecule has 2 aliphatic carbocycles. The molecule has 1 aliphatic heterocycles. The van der Waals surface area contributed by atoms with E-state index < -0.39 is 0 Å². The fourth-order valence-electron chi connectivity index (χ4n) is 4.80. The first-order chi connectivity index (χ1) is 8.78. The van der Waals surface area contributed by atoms with Crippen LogP contribution in [0.25, 0.3) is 0 Å². The van der Waals surface area contributed by atoms with E-state index in [0.717, 1.165) is 23.8 Å². The molecule has 1 nitrogen and oxygen atoms in total. The van der Waals surface area contributed by atoms with Gasteiger partial charge in [-0.15, -0.1) is 0 Å². The van der Waals surface area contributed by atoms with Gasteiger partial charge >= 0.3 is 0 Å². The second-order valence-electron chi connectivity index (χ2n) is 6.94. The van der Waals surface area contributed by atoms with Crippen molar-refractivity contribution in [3.05, 3.63) is 11.6 Å². The van der Waals surface area contributed by atoms with Crippen molar-refractivity contribution >= 4 is 0 Å². The highest BCUT2D eigenvalue weighted by molar-refractivity contribution is 5.04. The van der Waals surface area contributed by atoms with Crippen molar-refractivity contribution in [2.75, 3.05) is 13.1 Å². The first-order valence-electron chi connectivity index (χ1n) is 8.14. The molecule has 18 heavy (non-hydrogen) atoms. The van der Waals surface area contributed by atoms with Crippen molar-refractivity contribution < 1.29 is 0 Å². The maximum absolute atomic E-state index is 2.86. The predicted molar refractivity (Wildman–Crippen MR) is 77.6 cm³/mol. The molecule has 0 aromatic heterocycles. The number of hydrogen-bond acceptors (Lipinski definition) is 1. The van der Waals surface area contributed by atoms with Crippen LogP contribution in [0.5, 0.6) is 0 Å². The fraction of sp³-hybridized carbons (Fsp3) is 0.882. The first-order valence-corrected chi connectivity index (χ1v) is 8.14. The van der Waals surface area contributed by atoms with Gasteiger partial charge in [-0.1, -0.05) is 24.5 Å². The maximum Gasteiger partial charge on any atom is 0.0126 e. The average Bonchev–Trinajstić information content (AvgIpc) is 2.72. The fourth-order valence-corrected chi connectivity index (χ4v) is 4.80. The van der Waals surface area contributed by atoms with E-state index >= 15 is 0 Å². The molecule has 1 heterocycles. The first kappa shape index (κ1) is 12.7. The van der Waals surface area contributed by atoms with Gasteiger partial charge in [0.25, 0.3) is 0 Å². The molecular formula is C17H29N. The molecule has 1 heteroatoms. The van der Waals surface area contributed by atoms with E-state index in [1.165, 1.54) is 51.6 Å². The molecule has 0 N–H and O–H groups in total. The van der Waals surface area contributed by atoms with Crippen LogP contribution in [0.3, 0.4) is 0 Å². The van der Waals surface area contributed by atoms with E-state index in [1.807, 2.05) is 0 Å². The minimum absolute atomic E-state index is 0.882. The summed E-state index contributed by atoms with van der Waals surface area (Å²) in [5, 5.41) is 0. The van der Waals surface area contributed by atoms with Crippen LogP contribution in [-0.2, 0) is 0 Å². The molecular weight excluding hydrogens is 218 g/mol. The number of piperidine rings is 1. The zero-order valence-corrected chi connectivity index (χ0v) is 12.2. The summed E-state index contributed by atoms with van der Waals surface area (Å²) >= 11 is 0. The summed E-state index contributed by atoms with van der Waals surface area (Å²) in [6.07, 6.45) is 12.8. The van der Waals surface area contributed by atoms with Gasteiger partial charge in [-0.05, 0) is 76.8 Å². The predicted octanol–water partition coefficient (Wildman–Crippen LogP) is 4.24. The zero-order chi connectivity index (χ0) is 12.5. The third kappa shape index (κ3) is 2.39. The van der Waals surface area contributed by atoms with E-state index in [4.69, 9.17) is 0 Å². The number of nitrogens with zero attached hydrogens (tertiary/aromatic N) is 1. The Labute approximate surface area is 113 Å². The Morgan fingerprint density at radius 1 is 1.06 bits per heavy atom. The molecule has 102 valence electrons. The van der Waals surface area contributed by atoms with Crippen LogP contribution in [0.4, 0.5) is 0 Å². The molecule has 1 unspecified atom stereocenters. The van der Waals surface area contributed by atoms with E-state index in [0.29, 0.717) is 0 Å². The SMILES string of the molecule is C/C=C(/C)C1CCN([C@H]2C[C@@H]3CCCC2C3)CC1. The van der Waals surface area contributed by atoms with Crippen LogP contribution in [-0.4, -0.2) is 24.0 Å². The lowest BCUT2D eigenvalue weighted by Crippen LogP contribution is -2.43. The molecule has 1 saturated heterocycles. The number of allylic oxidation sites excluding steroid dienone is 2. The third-order valence-electron chi connectivity index (χ3n) is 6.04. The van der Waals surface area contributed by atoms with Gasteiger partial charge in [0.2, 0.25) is 0 Å². The van der Waals surface area contributed by atoms with Gasteiger partial charge in [0.15, 0.2) is 0 Å². The Balaban J connectivity index is 1.57. The number of likely N-dealkylation sites (tertiary alicyclic amines) is 1. The van der Waals surface area contributed by atoms with Crippen LogP contribution in [0.1, 0.15) is 58.8 Å². The van der Waals surface area contributed by atoms with Crippen LogP contribution >= 0.6 is 0 Å². The van der Waals surface area contributed by atoms with Crippen molar-refractivity contribution in [3.63, 3.8) is 0 Å². The molecule has 0 amide bonds. The van der Waals surface area contributed by atoms with Crippen LogP contribution < -0.4 is 0 Å². The highest BCUT2D eigenvalue weighted by atomic mass is 15.2. The smallest absolute Gasteiger partial charge is 0.0126 e. The third-order valence-corrected chi connectivity index (χ3v) is 6.04. The van der Waals surface area contributed by atoms with Gasteiger partial charge in [0.1, 0.15) is 0 Å². The summed E-state index contributed by atoms with van der Waals surface area (Å²) in [6.45, 7) is 7.25. The summed E-state index contributed by atoms with van der Waals surface area (Å²) in [4.78, 5) is 2.86. The van der Waals surface area contributed by atoms with E-state index in [1.54, 1.807) is 12.0 Å². The van der Waals surface area contributed by atoms with Crippen LogP contribution in [0.15, 0.2) is 11.6 Å². The summed E-state index contributed by atoms with van der Waals surface area (Å²) in [7, 11) is 0. The zero-order valence-electron chi connectivity index (χ0n) is 12.2. The molecule has 3 aliphatic rings. The van der Waals surface area contributed by atoms with Crippen molar-refractivity contribution in [3.8, 4) is 0 Å². The molecule has 0 aromatic carbocycles. The maximum atomic E-state index is 2.86. The molecule has 2 bridgehead atoms. The molecule has 3 rings (SSSR count). The van der Waals surface area contributed by atoms with Gasteiger partial charge in [-0.25, -0.2) is 0 Å². The van der Waals surface area contributed by atoms with Gasteiger partial charge in [-0.3, -0.25) is 0 Å². The van der Waals surface area contributed by atoms with Gasteiger partial charge in [0.05, 0.1) is 0 Å². The van der Waals surface area contributed by atoms with Crippen molar-refractivity contribution in [2.24, 2.45) is 17.8 Å². The van der Waals surface area contributed by atoms with E-state index in [-0.39, 0.29) is 0 Å². The quantitative estimate of drug-likeness (QED) is 0.660. The lowest BCUT2D eigenvalue weighted by Gasteiger charge is -2.38. The summed E-state index contributed by atoms with van der Waals surface area (Å²) in [5.41, 5.74) is 1.62. The summed E-state index contributed by atoms with van der Waals surface area (Å²) in [6, 6.07) is 0.962. The molecule has 3 atom stereocenters. The lowest BCUT2D eigenvalue weighted by molar-refractivity contribution is 0.114. The Bertz CT molecular complexity index is 312. The second-order valence-corrected chi connectivity index (χ2v) is 6.94. The second kappa shape index (κ2) is 5.36. The van der Waals surface area contributed by atoms with Gasteiger partial charge in [-0.2, -0.15) is 0 Å². The summed E-state index contributed by atoms with van der Waals surface area (Å²) < 4.78 is 0. The Morgan fingerprint density at radius 2 is 1.83 bits per heavy atom. The number of hydrogen-bond donors (Lipinski definition) is 0. The van der Waals surface area contributed by atoms with Crippen LogP contribution in [0.2, 0.25) is 0 Å².